The number of alkyl halides is 3. The van der Waals surface area contributed by atoms with Crippen LogP contribution >= 0.6 is 11.6 Å². The molecule has 0 N–H and O–H groups in total. The smallest absolute Gasteiger partial charge is 0.381 e. The molecule has 0 radical (unpaired) electrons. The molecule has 9 heteroatoms. The van der Waals surface area contributed by atoms with E-state index in [1.165, 1.54) is 16.7 Å². The highest BCUT2D eigenvalue weighted by Gasteiger charge is 2.42. The number of rotatable bonds is 1. The van der Waals surface area contributed by atoms with Gasteiger partial charge >= 0.3 is 18.1 Å². The molecular weight excluding hydrogens is 289 g/mol. The van der Waals surface area contributed by atoms with Crippen molar-refractivity contribution in [3.05, 3.63) is 35.2 Å². The second-order valence-corrected chi connectivity index (χ2v) is 3.80. The van der Waals surface area contributed by atoms with Crippen molar-refractivity contribution in [1.29, 1.82) is 0 Å². The van der Waals surface area contributed by atoms with E-state index in [1.807, 2.05) is 0 Å². The van der Waals surface area contributed by atoms with Gasteiger partial charge in [0, 0.05) is 12.4 Å². The molecule has 0 amide bonds. The molecule has 0 aliphatic carbocycles. The Morgan fingerprint density at radius 2 is 2.05 bits per heavy atom. The number of halogens is 4. The fraction of sp³-hybridized carbons (Fsp3) is 0.100. The molecule has 0 fully saturated rings. The van der Waals surface area contributed by atoms with Crippen molar-refractivity contribution in [2.45, 2.75) is 6.18 Å². The van der Waals surface area contributed by atoms with Crippen molar-refractivity contribution in [1.82, 2.24) is 9.38 Å². The average Bonchev–Trinajstić information content (AvgIpc) is 2.73. The number of fused-ring (bicyclic) bond motifs is 1. The van der Waals surface area contributed by atoms with Crippen LogP contribution < -0.4 is 0 Å². The number of pyridine rings is 1. The summed E-state index contributed by atoms with van der Waals surface area (Å²) in [6, 6.07) is 3.03. The molecule has 5 nitrogen and oxygen atoms in total. The molecule has 0 aliphatic rings. The van der Waals surface area contributed by atoms with E-state index >= 15 is 0 Å². The number of esters is 2. The third kappa shape index (κ3) is 2.68. The maximum Gasteiger partial charge on any atom is 0.491 e. The molecule has 0 atom stereocenters. The first-order valence-electron chi connectivity index (χ1n) is 4.75. The van der Waals surface area contributed by atoms with Gasteiger partial charge in [-0.2, -0.15) is 13.2 Å². The molecule has 100 valence electrons. The minimum absolute atomic E-state index is 0.163. The molecule has 0 spiro atoms. The summed E-state index contributed by atoms with van der Waals surface area (Å²) in [5, 5.41) is 0.198. The molecule has 0 saturated heterocycles. The third-order valence-electron chi connectivity index (χ3n) is 2.06. The Morgan fingerprint density at radius 3 is 2.63 bits per heavy atom. The summed E-state index contributed by atoms with van der Waals surface area (Å²) in [5.74, 6) is -4.09. The Balaban J connectivity index is 2.28. The highest BCUT2D eigenvalue weighted by Crippen LogP contribution is 2.19. The van der Waals surface area contributed by atoms with Gasteiger partial charge in [0.15, 0.2) is 11.3 Å². The van der Waals surface area contributed by atoms with Crippen LogP contribution in [0.5, 0.6) is 0 Å². The largest absolute Gasteiger partial charge is 0.491 e. The van der Waals surface area contributed by atoms with Crippen LogP contribution in [0.25, 0.3) is 5.65 Å². The number of carbonyl (C=O) groups excluding carboxylic acids is 2. The zero-order valence-corrected chi connectivity index (χ0v) is 9.70. The van der Waals surface area contributed by atoms with Gasteiger partial charge in [-0.15, -0.1) is 0 Å². The Kier molecular flexibility index (Phi) is 3.19. The maximum absolute atomic E-state index is 11.9. The van der Waals surface area contributed by atoms with Crippen LogP contribution in [-0.2, 0) is 9.53 Å². The predicted octanol–water partition coefficient (Wildman–Crippen LogP) is 2.23. The zero-order chi connectivity index (χ0) is 14.2. The lowest BCUT2D eigenvalue weighted by Crippen LogP contribution is -2.28. The minimum atomic E-state index is -5.24. The van der Waals surface area contributed by atoms with Gasteiger partial charge in [0.2, 0.25) is 0 Å². The van der Waals surface area contributed by atoms with E-state index in [-0.39, 0.29) is 10.7 Å². The van der Waals surface area contributed by atoms with E-state index in [4.69, 9.17) is 11.6 Å². The van der Waals surface area contributed by atoms with Gasteiger partial charge in [-0.05, 0) is 12.1 Å². The lowest BCUT2D eigenvalue weighted by atomic mass is 10.5. The van der Waals surface area contributed by atoms with Gasteiger partial charge in [0.1, 0.15) is 0 Å². The molecule has 2 heterocycles. The van der Waals surface area contributed by atoms with E-state index in [0.29, 0.717) is 0 Å². The summed E-state index contributed by atoms with van der Waals surface area (Å²) in [7, 11) is 0. The van der Waals surface area contributed by atoms with Gasteiger partial charge in [-0.3, -0.25) is 0 Å². The van der Waals surface area contributed by atoms with Gasteiger partial charge in [-0.1, -0.05) is 11.6 Å². The molecule has 0 aliphatic heterocycles. The summed E-state index contributed by atoms with van der Waals surface area (Å²) < 4.78 is 40.7. The second kappa shape index (κ2) is 4.54. The summed E-state index contributed by atoms with van der Waals surface area (Å²) >= 11 is 5.77. The van der Waals surface area contributed by atoms with Gasteiger partial charge < -0.3 is 9.14 Å². The Morgan fingerprint density at radius 1 is 1.37 bits per heavy atom. The molecule has 0 unspecified atom stereocenters. The summed E-state index contributed by atoms with van der Waals surface area (Å²) in [6.45, 7) is 0. The van der Waals surface area contributed by atoms with Crippen LogP contribution in [0, 0.1) is 0 Å². The van der Waals surface area contributed by atoms with Crippen LogP contribution in [0.2, 0.25) is 5.02 Å². The first-order chi connectivity index (χ1) is 8.79. The summed E-state index contributed by atoms with van der Waals surface area (Å²) in [4.78, 5) is 25.5. The van der Waals surface area contributed by atoms with Crippen LogP contribution in [0.3, 0.4) is 0 Å². The number of hydrogen-bond acceptors (Lipinski definition) is 4. The van der Waals surface area contributed by atoms with Crippen LogP contribution in [0.4, 0.5) is 13.2 Å². The molecule has 19 heavy (non-hydrogen) atoms. The highest BCUT2D eigenvalue weighted by atomic mass is 35.5. The molecule has 2 aromatic rings. The molecule has 0 bridgehead atoms. The number of imidazole rings is 1. The second-order valence-electron chi connectivity index (χ2n) is 3.39. The van der Waals surface area contributed by atoms with Crippen molar-refractivity contribution < 1.29 is 27.5 Å². The lowest BCUT2D eigenvalue weighted by Gasteiger charge is -2.03. The topological polar surface area (TPSA) is 60.7 Å². The van der Waals surface area contributed by atoms with Crippen molar-refractivity contribution in [2.75, 3.05) is 0 Å². The standard InChI is InChI=1S/C10H4ClF3N2O3/c11-5-2-1-3-16-4-6(15-7(5)16)8(17)19-9(18)10(12,13)14/h1-4H. The Bertz CT molecular complexity index is 666. The van der Waals surface area contributed by atoms with E-state index in [9.17, 15) is 22.8 Å². The van der Waals surface area contributed by atoms with Crippen molar-refractivity contribution in [3.8, 4) is 0 Å². The van der Waals surface area contributed by atoms with Crippen molar-refractivity contribution in [3.63, 3.8) is 0 Å². The normalized spacial score (nSPS) is 11.6. The predicted molar refractivity (Wildman–Crippen MR) is 56.7 cm³/mol. The molecular formula is C10H4ClF3N2O3. The third-order valence-corrected chi connectivity index (χ3v) is 2.36. The monoisotopic (exact) mass is 292 g/mol. The quantitative estimate of drug-likeness (QED) is 0.597. The summed E-state index contributed by atoms with van der Waals surface area (Å²) in [5.41, 5.74) is -0.290. The van der Waals surface area contributed by atoms with Gasteiger partial charge in [0.05, 0.1) is 5.02 Å². The van der Waals surface area contributed by atoms with E-state index in [2.05, 4.69) is 9.72 Å². The lowest BCUT2D eigenvalue weighted by molar-refractivity contribution is -0.193. The first kappa shape index (κ1) is 13.3. The number of hydrogen-bond donors (Lipinski definition) is 0. The van der Waals surface area contributed by atoms with E-state index < -0.39 is 23.8 Å². The number of aromatic nitrogens is 2. The highest BCUT2D eigenvalue weighted by molar-refractivity contribution is 6.33. The fourth-order valence-electron chi connectivity index (χ4n) is 1.27. The van der Waals surface area contributed by atoms with Crippen LogP contribution in [0.1, 0.15) is 10.5 Å². The van der Waals surface area contributed by atoms with E-state index in [1.54, 1.807) is 6.07 Å². The average molecular weight is 293 g/mol. The number of ether oxygens (including phenoxy) is 1. The summed E-state index contributed by atoms with van der Waals surface area (Å²) in [6.07, 6.45) is -2.66. The number of nitrogens with zero attached hydrogens (tertiary/aromatic N) is 2. The van der Waals surface area contributed by atoms with Crippen molar-refractivity contribution in [2.24, 2.45) is 0 Å². The molecule has 0 aromatic carbocycles. The molecule has 2 aromatic heterocycles. The van der Waals surface area contributed by atoms with Gasteiger partial charge in [-0.25, -0.2) is 14.6 Å². The first-order valence-corrected chi connectivity index (χ1v) is 5.13. The van der Waals surface area contributed by atoms with Gasteiger partial charge in [0.25, 0.3) is 0 Å². The maximum atomic E-state index is 11.9. The Labute approximate surface area is 108 Å². The SMILES string of the molecule is O=C(OC(=O)C(F)(F)F)c1cn2cccc(Cl)c2n1. The minimum Gasteiger partial charge on any atom is -0.381 e. The van der Waals surface area contributed by atoms with Crippen LogP contribution in [-0.4, -0.2) is 27.5 Å². The van der Waals surface area contributed by atoms with Crippen molar-refractivity contribution >= 4 is 29.2 Å². The Hall–Kier alpha value is -2.09. The number of carbonyl (C=O) groups is 2. The molecule has 2 rings (SSSR count). The van der Waals surface area contributed by atoms with E-state index in [0.717, 1.165) is 6.20 Å². The molecule has 0 saturated carbocycles. The fourth-order valence-corrected chi connectivity index (χ4v) is 1.48. The zero-order valence-electron chi connectivity index (χ0n) is 8.94. The van der Waals surface area contributed by atoms with Crippen LogP contribution in [0.15, 0.2) is 24.5 Å².